The van der Waals surface area contributed by atoms with E-state index in [0.717, 1.165) is 0 Å². The Balaban J connectivity index is 0. The Hall–Kier alpha value is 0.980. The number of carbonyl (C=O) groups excluding carboxylic acids is 2. The first-order valence-electron chi connectivity index (χ1n) is 4.09. The fourth-order valence-corrected chi connectivity index (χ4v) is 1.50. The Morgan fingerprint density at radius 1 is 1.13 bits per heavy atom. The quantitative estimate of drug-likeness (QED) is 0.531. The van der Waals surface area contributed by atoms with Crippen molar-refractivity contribution in [3.63, 3.8) is 0 Å². The van der Waals surface area contributed by atoms with Crippen LogP contribution in [0.1, 0.15) is 19.3 Å². The van der Waals surface area contributed by atoms with Crippen LogP contribution in [0.3, 0.4) is 0 Å². The van der Waals surface area contributed by atoms with Crippen LogP contribution in [-0.4, -0.2) is 27.1 Å². The lowest BCUT2D eigenvalue weighted by atomic mass is 10.4. The van der Waals surface area contributed by atoms with E-state index in [9.17, 15) is 9.59 Å². The molecular formula is C8H11BrCl4O2. The van der Waals surface area contributed by atoms with Crippen LogP contribution in [0.2, 0.25) is 0 Å². The van der Waals surface area contributed by atoms with Gasteiger partial charge in [-0.25, -0.2) is 0 Å². The van der Waals surface area contributed by atoms with Crippen LogP contribution in [0.15, 0.2) is 0 Å². The summed E-state index contributed by atoms with van der Waals surface area (Å²) in [4.78, 5) is 19.8. The standard InChI is InChI=1S/C4H5BrCl2O.C4H6Cl2O/c5-3(1-2-6)4(7)8;5-3-1-2-4(6)7/h3H,1-2H2;1-3H2. The summed E-state index contributed by atoms with van der Waals surface area (Å²) in [6.07, 6.45) is 1.67. The average molecular weight is 361 g/mol. The van der Waals surface area contributed by atoms with Gasteiger partial charge in [0.25, 0.3) is 0 Å². The van der Waals surface area contributed by atoms with Gasteiger partial charge in [-0.05, 0) is 36.0 Å². The van der Waals surface area contributed by atoms with E-state index in [0.29, 0.717) is 31.0 Å². The molecule has 0 rings (SSSR count). The Bertz CT molecular complexity index is 189. The second-order valence-electron chi connectivity index (χ2n) is 2.40. The van der Waals surface area contributed by atoms with Crippen molar-refractivity contribution in [2.24, 2.45) is 0 Å². The molecule has 0 fully saturated rings. The van der Waals surface area contributed by atoms with E-state index >= 15 is 0 Å². The number of hydrogen-bond donors (Lipinski definition) is 0. The summed E-state index contributed by atoms with van der Waals surface area (Å²) < 4.78 is 0. The molecule has 1 unspecified atom stereocenters. The van der Waals surface area contributed by atoms with Crippen LogP contribution in [-0.2, 0) is 9.59 Å². The maximum Gasteiger partial charge on any atom is 0.235 e. The van der Waals surface area contributed by atoms with Crippen LogP contribution < -0.4 is 0 Å². The van der Waals surface area contributed by atoms with E-state index < -0.39 is 0 Å². The van der Waals surface area contributed by atoms with Gasteiger partial charge in [0.1, 0.15) is 0 Å². The van der Waals surface area contributed by atoms with Crippen molar-refractivity contribution in [1.82, 2.24) is 0 Å². The molecule has 0 N–H and O–H groups in total. The largest absolute Gasteiger partial charge is 0.281 e. The molecule has 0 aromatic carbocycles. The zero-order chi connectivity index (χ0) is 12.3. The van der Waals surface area contributed by atoms with E-state index in [4.69, 9.17) is 46.4 Å². The monoisotopic (exact) mass is 358 g/mol. The van der Waals surface area contributed by atoms with Crippen molar-refractivity contribution in [3.8, 4) is 0 Å². The molecule has 0 aliphatic rings. The molecule has 7 heteroatoms. The van der Waals surface area contributed by atoms with Gasteiger partial charge in [-0.1, -0.05) is 15.9 Å². The third-order valence-corrected chi connectivity index (χ3v) is 3.19. The molecule has 0 aromatic rings. The van der Waals surface area contributed by atoms with Crippen molar-refractivity contribution >= 4 is 72.8 Å². The topological polar surface area (TPSA) is 34.1 Å². The summed E-state index contributed by atoms with van der Waals surface area (Å²) in [5.41, 5.74) is 0. The van der Waals surface area contributed by atoms with Gasteiger partial charge in [-0.3, -0.25) is 9.59 Å². The first kappa shape index (κ1) is 18.3. The minimum absolute atomic E-state index is 0.276. The third kappa shape index (κ3) is 17.6. The highest BCUT2D eigenvalue weighted by Gasteiger charge is 2.09. The fraction of sp³-hybridized carbons (Fsp3) is 0.750. The number of hydrogen-bond acceptors (Lipinski definition) is 2. The lowest BCUT2D eigenvalue weighted by Crippen LogP contribution is -2.06. The van der Waals surface area contributed by atoms with Crippen LogP contribution in [0.4, 0.5) is 0 Å². The lowest BCUT2D eigenvalue weighted by molar-refractivity contribution is -0.112. The van der Waals surface area contributed by atoms with Crippen LogP contribution >= 0.6 is 62.3 Å². The number of alkyl halides is 3. The number of halogens is 5. The molecule has 0 bridgehead atoms. The molecule has 0 saturated carbocycles. The molecule has 90 valence electrons. The van der Waals surface area contributed by atoms with E-state index in [2.05, 4.69) is 15.9 Å². The van der Waals surface area contributed by atoms with Gasteiger partial charge in [0.2, 0.25) is 10.5 Å². The van der Waals surface area contributed by atoms with Gasteiger partial charge in [-0.15, -0.1) is 23.2 Å². The number of carbonyl (C=O) groups is 2. The SMILES string of the molecule is O=C(Cl)C(Br)CCCl.O=C(Cl)CCCCl. The fourth-order valence-electron chi connectivity index (χ4n) is 0.415. The summed E-state index contributed by atoms with van der Waals surface area (Å²) in [6.45, 7) is 0. The van der Waals surface area contributed by atoms with Crippen LogP contribution in [0, 0.1) is 0 Å². The Morgan fingerprint density at radius 3 is 1.80 bits per heavy atom. The molecule has 0 spiro atoms. The predicted octanol–water partition coefficient (Wildman–Crippen LogP) is 3.92. The third-order valence-electron chi connectivity index (χ3n) is 1.12. The molecule has 15 heavy (non-hydrogen) atoms. The van der Waals surface area contributed by atoms with Gasteiger partial charge in [0.15, 0.2) is 0 Å². The highest BCUT2D eigenvalue weighted by atomic mass is 79.9. The van der Waals surface area contributed by atoms with Gasteiger partial charge in [0.05, 0.1) is 4.83 Å². The first-order chi connectivity index (χ1) is 6.95. The van der Waals surface area contributed by atoms with Gasteiger partial charge in [-0.2, -0.15) is 0 Å². The van der Waals surface area contributed by atoms with E-state index in [1.807, 2.05) is 0 Å². The molecule has 1 atom stereocenters. The smallest absolute Gasteiger partial charge is 0.235 e. The van der Waals surface area contributed by atoms with Crippen molar-refractivity contribution in [1.29, 1.82) is 0 Å². The summed E-state index contributed by atoms with van der Waals surface area (Å²) in [7, 11) is 0. The van der Waals surface area contributed by atoms with E-state index in [1.54, 1.807) is 0 Å². The summed E-state index contributed by atoms with van der Waals surface area (Å²) in [5, 5.41) is -0.689. The second-order valence-corrected chi connectivity index (χ2v) is 5.05. The highest BCUT2D eigenvalue weighted by Crippen LogP contribution is 2.09. The van der Waals surface area contributed by atoms with Crippen LogP contribution in [0.5, 0.6) is 0 Å². The molecule has 0 amide bonds. The molecular weight excluding hydrogens is 350 g/mol. The normalized spacial score (nSPS) is 11.3. The predicted molar refractivity (Wildman–Crippen MR) is 69.7 cm³/mol. The zero-order valence-corrected chi connectivity index (χ0v) is 12.4. The van der Waals surface area contributed by atoms with Gasteiger partial charge >= 0.3 is 0 Å². The minimum atomic E-state index is -0.384. The van der Waals surface area contributed by atoms with E-state index in [-0.39, 0.29) is 15.3 Å². The molecule has 0 radical (unpaired) electrons. The van der Waals surface area contributed by atoms with Gasteiger partial charge in [0, 0.05) is 18.2 Å². The maximum absolute atomic E-state index is 10.2. The molecule has 0 heterocycles. The Morgan fingerprint density at radius 2 is 1.67 bits per heavy atom. The summed E-state index contributed by atoms with van der Waals surface area (Å²) in [6, 6.07) is 0. The summed E-state index contributed by atoms with van der Waals surface area (Å²) in [5.74, 6) is 0.965. The van der Waals surface area contributed by atoms with Gasteiger partial charge < -0.3 is 0 Å². The van der Waals surface area contributed by atoms with E-state index in [1.165, 1.54) is 0 Å². The van der Waals surface area contributed by atoms with Crippen LogP contribution in [0.25, 0.3) is 0 Å². The summed E-state index contributed by atoms with van der Waals surface area (Å²) >= 11 is 23.6. The Kier molecular flexibility index (Phi) is 16.0. The molecule has 0 aromatic heterocycles. The maximum atomic E-state index is 10.2. The van der Waals surface area contributed by atoms with Crippen molar-refractivity contribution in [2.45, 2.75) is 24.1 Å². The lowest BCUT2D eigenvalue weighted by Gasteiger charge is -1.96. The van der Waals surface area contributed by atoms with Crippen molar-refractivity contribution in [3.05, 3.63) is 0 Å². The Labute approximate surface area is 118 Å². The minimum Gasteiger partial charge on any atom is -0.281 e. The molecule has 0 saturated heterocycles. The number of rotatable bonds is 6. The van der Waals surface area contributed by atoms with Crippen molar-refractivity contribution in [2.75, 3.05) is 11.8 Å². The molecule has 0 aliphatic carbocycles. The zero-order valence-electron chi connectivity index (χ0n) is 7.82. The average Bonchev–Trinajstić information content (AvgIpc) is 2.16. The molecule has 2 nitrogen and oxygen atoms in total. The molecule has 0 aliphatic heterocycles. The second kappa shape index (κ2) is 13.0. The van der Waals surface area contributed by atoms with Crippen molar-refractivity contribution < 1.29 is 9.59 Å². The highest BCUT2D eigenvalue weighted by molar-refractivity contribution is 9.10. The first-order valence-corrected chi connectivity index (χ1v) is 6.83.